The smallest absolute Gasteiger partial charge is 0.338 e. The van der Waals surface area contributed by atoms with Gasteiger partial charge in [-0.25, -0.2) is 9.59 Å². The van der Waals surface area contributed by atoms with Gasteiger partial charge in [0.1, 0.15) is 0 Å². The molecule has 5 aliphatic rings. The van der Waals surface area contributed by atoms with Gasteiger partial charge in [-0.1, -0.05) is 25.5 Å². The number of unbranched alkanes of at least 4 members (excludes halogenated alkanes) is 1. The first-order valence-electron chi connectivity index (χ1n) is 13.7. The summed E-state index contributed by atoms with van der Waals surface area (Å²) in [4.78, 5) is 40.9. The Balaban J connectivity index is 1.34. The van der Waals surface area contributed by atoms with E-state index in [4.69, 9.17) is 4.74 Å². The largest absolute Gasteiger partial charge is 0.463 e. The molecule has 1 unspecified atom stereocenters. The van der Waals surface area contributed by atoms with Gasteiger partial charge >= 0.3 is 12.0 Å². The molecular weight excluding hydrogens is 454 g/mol. The van der Waals surface area contributed by atoms with E-state index in [-0.39, 0.29) is 24.0 Å². The van der Waals surface area contributed by atoms with E-state index < -0.39 is 12.0 Å². The summed E-state index contributed by atoms with van der Waals surface area (Å²) in [5, 5.41) is 6.19. The fraction of sp³-hybridized carbons (Fsp3) is 0.621. The first-order chi connectivity index (χ1) is 17.3. The number of carbonyl (C=O) groups excluding carboxylic acids is 3. The molecule has 1 atom stereocenters. The number of allylic oxidation sites excluding steroid dienone is 1. The van der Waals surface area contributed by atoms with Crippen molar-refractivity contribution in [2.24, 2.45) is 23.2 Å². The molecule has 2 N–H and O–H groups in total. The third kappa shape index (κ3) is 4.53. The number of amides is 3. The molecule has 1 aliphatic heterocycles. The van der Waals surface area contributed by atoms with Crippen LogP contribution >= 0.6 is 0 Å². The molecule has 1 heterocycles. The molecule has 1 aromatic carbocycles. The lowest BCUT2D eigenvalue weighted by Crippen LogP contribution is -2.51. The van der Waals surface area contributed by atoms with Crippen LogP contribution in [0.25, 0.3) is 0 Å². The van der Waals surface area contributed by atoms with Gasteiger partial charge in [-0.2, -0.15) is 0 Å². The van der Waals surface area contributed by atoms with Gasteiger partial charge in [-0.05, 0) is 94.2 Å². The van der Waals surface area contributed by atoms with Gasteiger partial charge < -0.3 is 15.4 Å². The lowest BCUT2D eigenvalue weighted by atomic mass is 9.49. The highest BCUT2D eigenvalue weighted by atomic mass is 16.5. The van der Waals surface area contributed by atoms with Crippen molar-refractivity contribution >= 4 is 23.6 Å². The summed E-state index contributed by atoms with van der Waals surface area (Å²) in [7, 11) is 0. The van der Waals surface area contributed by atoms with E-state index in [1.165, 1.54) is 19.3 Å². The highest BCUT2D eigenvalue weighted by Crippen LogP contribution is 2.60. The van der Waals surface area contributed by atoms with Crippen molar-refractivity contribution in [1.29, 1.82) is 0 Å². The highest BCUT2D eigenvalue weighted by Gasteiger charge is 2.54. The molecule has 3 amide bonds. The molecule has 36 heavy (non-hydrogen) atoms. The van der Waals surface area contributed by atoms with Crippen LogP contribution < -0.4 is 10.6 Å². The van der Waals surface area contributed by atoms with Crippen LogP contribution in [0.2, 0.25) is 0 Å². The second-order valence-electron chi connectivity index (χ2n) is 11.4. The third-order valence-electron chi connectivity index (χ3n) is 8.85. The summed E-state index contributed by atoms with van der Waals surface area (Å²) in [6.45, 7) is 6.48. The zero-order valence-corrected chi connectivity index (χ0v) is 21.8. The maximum atomic E-state index is 13.4. The predicted molar refractivity (Wildman–Crippen MR) is 138 cm³/mol. The second kappa shape index (κ2) is 9.91. The van der Waals surface area contributed by atoms with E-state index in [1.54, 1.807) is 11.8 Å². The Kier molecular flexibility index (Phi) is 6.84. The van der Waals surface area contributed by atoms with Crippen molar-refractivity contribution in [3.8, 4) is 0 Å². The number of rotatable bonds is 8. The number of esters is 1. The fourth-order valence-corrected chi connectivity index (χ4v) is 7.50. The minimum atomic E-state index is -0.595. The molecule has 4 aliphatic carbocycles. The second-order valence-corrected chi connectivity index (χ2v) is 11.4. The Bertz CT molecular complexity index is 1030. The van der Waals surface area contributed by atoms with E-state index in [2.05, 4.69) is 17.6 Å². The van der Waals surface area contributed by atoms with Crippen molar-refractivity contribution < 1.29 is 19.1 Å². The number of carbonyl (C=O) groups is 3. The maximum absolute atomic E-state index is 13.4. The zero-order valence-electron chi connectivity index (χ0n) is 21.8. The van der Waals surface area contributed by atoms with Crippen LogP contribution in [-0.2, 0) is 14.3 Å². The van der Waals surface area contributed by atoms with Gasteiger partial charge in [0.2, 0.25) is 5.91 Å². The van der Waals surface area contributed by atoms with Gasteiger partial charge in [0.05, 0.1) is 23.6 Å². The van der Waals surface area contributed by atoms with E-state index in [1.807, 2.05) is 31.2 Å². The zero-order chi connectivity index (χ0) is 25.4. The lowest BCUT2D eigenvalue weighted by molar-refractivity contribution is -0.140. The number of nitrogens with zero attached hydrogens (tertiary/aromatic N) is 1. The molecule has 0 radical (unpaired) electrons. The topological polar surface area (TPSA) is 87.7 Å². The van der Waals surface area contributed by atoms with Gasteiger partial charge in [0.15, 0.2) is 0 Å². The summed E-state index contributed by atoms with van der Waals surface area (Å²) in [6, 6.07) is 6.71. The van der Waals surface area contributed by atoms with Gasteiger partial charge in [-0.3, -0.25) is 9.69 Å². The number of hydrogen-bond donors (Lipinski definition) is 2. The Morgan fingerprint density at radius 1 is 1.06 bits per heavy atom. The third-order valence-corrected chi connectivity index (χ3v) is 8.85. The average Bonchev–Trinajstić information content (AvgIpc) is 2.83. The standard InChI is InChI=1S/C29H39N3O4/c1-4-6-11-32-18(3)24(26(33)36-5-2)25(31-28(32)35)22-7-9-23(10-8-22)30-27(34)29-15-19-12-20(16-29)14-21(13-19)17-29/h7-10,19-21,25H,4-6,11-17H2,1-3H3,(H,30,34)(H,31,35). The lowest BCUT2D eigenvalue weighted by Gasteiger charge is -2.55. The number of benzene rings is 1. The molecule has 7 heteroatoms. The fourth-order valence-electron chi connectivity index (χ4n) is 7.50. The van der Waals surface area contributed by atoms with Crippen LogP contribution in [0.3, 0.4) is 0 Å². The van der Waals surface area contributed by atoms with Crippen LogP contribution in [0.1, 0.15) is 83.7 Å². The maximum Gasteiger partial charge on any atom is 0.338 e. The quantitative estimate of drug-likeness (QED) is 0.465. The predicted octanol–water partition coefficient (Wildman–Crippen LogP) is 5.55. The number of hydrogen-bond acceptors (Lipinski definition) is 4. The van der Waals surface area contributed by atoms with Crippen LogP contribution in [0.15, 0.2) is 35.5 Å². The Labute approximate surface area is 214 Å². The van der Waals surface area contributed by atoms with E-state index >= 15 is 0 Å². The molecule has 7 nitrogen and oxygen atoms in total. The molecule has 0 saturated heterocycles. The summed E-state index contributed by atoms with van der Waals surface area (Å²) in [5.41, 5.74) is 2.43. The Morgan fingerprint density at radius 2 is 1.67 bits per heavy atom. The van der Waals surface area contributed by atoms with Crippen molar-refractivity contribution in [3.63, 3.8) is 0 Å². The molecule has 6 rings (SSSR count). The van der Waals surface area contributed by atoms with Gasteiger partial charge in [-0.15, -0.1) is 0 Å². The number of urea groups is 1. The molecule has 4 bridgehead atoms. The molecular formula is C29H39N3O4. The van der Waals surface area contributed by atoms with Crippen molar-refractivity contribution in [3.05, 3.63) is 41.1 Å². The Hall–Kier alpha value is -2.83. The van der Waals surface area contributed by atoms with E-state index in [0.717, 1.165) is 43.4 Å². The van der Waals surface area contributed by atoms with Gasteiger partial charge in [0, 0.05) is 17.9 Å². The van der Waals surface area contributed by atoms with E-state index in [9.17, 15) is 14.4 Å². The van der Waals surface area contributed by atoms with E-state index in [0.29, 0.717) is 35.6 Å². The number of nitrogens with one attached hydrogen (secondary N) is 2. The number of anilines is 1. The molecule has 0 aromatic heterocycles. The normalized spacial score (nSPS) is 30.9. The molecule has 4 saturated carbocycles. The summed E-state index contributed by atoms with van der Waals surface area (Å²) < 4.78 is 5.35. The molecule has 194 valence electrons. The summed E-state index contributed by atoms with van der Waals surface area (Å²) in [5.74, 6) is 1.89. The first-order valence-corrected chi connectivity index (χ1v) is 13.7. The molecule has 4 fully saturated rings. The molecule has 0 spiro atoms. The summed E-state index contributed by atoms with van der Waals surface area (Å²) >= 11 is 0. The minimum absolute atomic E-state index is 0.162. The minimum Gasteiger partial charge on any atom is -0.463 e. The van der Waals surface area contributed by atoms with Crippen molar-refractivity contribution in [1.82, 2.24) is 10.2 Å². The number of ether oxygens (including phenoxy) is 1. The average molecular weight is 494 g/mol. The monoisotopic (exact) mass is 493 g/mol. The van der Waals surface area contributed by atoms with Gasteiger partial charge in [0.25, 0.3) is 0 Å². The van der Waals surface area contributed by atoms with Crippen molar-refractivity contribution in [2.75, 3.05) is 18.5 Å². The SMILES string of the molecule is CCCCN1C(=O)NC(c2ccc(NC(=O)C34CC5CC(CC(C5)C3)C4)cc2)C(C(=O)OCC)=C1C. The van der Waals surface area contributed by atoms with Crippen molar-refractivity contribution in [2.45, 2.75) is 78.2 Å². The molecule has 1 aromatic rings. The van der Waals surface area contributed by atoms with Crippen LogP contribution in [-0.4, -0.2) is 36.0 Å². The highest BCUT2D eigenvalue weighted by molar-refractivity contribution is 5.96. The Morgan fingerprint density at radius 3 is 2.22 bits per heavy atom. The first kappa shape index (κ1) is 24.8. The summed E-state index contributed by atoms with van der Waals surface area (Å²) in [6.07, 6.45) is 8.80. The van der Waals surface area contributed by atoms with Crippen LogP contribution in [0.4, 0.5) is 10.5 Å². The van der Waals surface area contributed by atoms with Crippen LogP contribution in [0, 0.1) is 23.2 Å². The van der Waals surface area contributed by atoms with Crippen LogP contribution in [0.5, 0.6) is 0 Å².